The highest BCUT2D eigenvalue weighted by molar-refractivity contribution is 7.92. The maximum absolute atomic E-state index is 11.5. The molecule has 1 aliphatic rings. The molecule has 1 rings (SSSR count). The van der Waals surface area contributed by atoms with Crippen molar-refractivity contribution in [3.63, 3.8) is 0 Å². The Hall–Kier alpha value is -0.0900. The van der Waals surface area contributed by atoms with E-state index in [4.69, 9.17) is 0 Å². The molecule has 1 aliphatic heterocycles. The van der Waals surface area contributed by atoms with E-state index >= 15 is 0 Å². The first-order valence-corrected chi connectivity index (χ1v) is 6.05. The zero-order valence-electron chi connectivity index (χ0n) is 7.95. The summed E-state index contributed by atoms with van der Waals surface area (Å²) < 4.78 is 23.1. The predicted molar refractivity (Wildman–Crippen MR) is 49.9 cm³/mol. The van der Waals surface area contributed by atoms with Gasteiger partial charge in [0, 0.05) is 13.1 Å². The average Bonchev–Trinajstić information content (AvgIpc) is 1.94. The molecule has 72 valence electrons. The highest BCUT2D eigenvalue weighted by atomic mass is 32.2. The second-order valence-electron chi connectivity index (χ2n) is 3.91. The molecular weight excluding hydrogens is 174 g/mol. The van der Waals surface area contributed by atoms with Gasteiger partial charge in [0.1, 0.15) is 0 Å². The molecule has 0 bridgehead atoms. The third kappa shape index (κ3) is 1.98. The molecule has 1 fully saturated rings. The average molecular weight is 191 g/mol. The Balaban J connectivity index is 2.80. The summed E-state index contributed by atoms with van der Waals surface area (Å²) in [7, 11) is -0.821. The van der Waals surface area contributed by atoms with Crippen LogP contribution in [-0.2, 0) is 9.84 Å². The fourth-order valence-electron chi connectivity index (χ4n) is 1.57. The molecule has 4 heteroatoms. The molecule has 0 aromatic heterocycles. The van der Waals surface area contributed by atoms with E-state index in [2.05, 4.69) is 4.90 Å². The Kier molecular flexibility index (Phi) is 2.78. The van der Waals surface area contributed by atoms with Crippen LogP contribution in [0.1, 0.15) is 13.8 Å². The molecule has 1 saturated heterocycles. The van der Waals surface area contributed by atoms with E-state index in [1.165, 1.54) is 0 Å². The Morgan fingerprint density at radius 2 is 2.00 bits per heavy atom. The zero-order valence-corrected chi connectivity index (χ0v) is 8.76. The summed E-state index contributed by atoms with van der Waals surface area (Å²) in [5.41, 5.74) is 0. The third-order valence-corrected chi connectivity index (χ3v) is 4.82. The third-order valence-electron chi connectivity index (χ3n) is 2.45. The lowest BCUT2D eigenvalue weighted by atomic mass is 10.1. The van der Waals surface area contributed by atoms with Crippen LogP contribution >= 0.6 is 0 Å². The first kappa shape index (κ1) is 9.99. The van der Waals surface area contributed by atoms with Gasteiger partial charge in [0.15, 0.2) is 9.84 Å². The van der Waals surface area contributed by atoms with Crippen molar-refractivity contribution < 1.29 is 8.42 Å². The van der Waals surface area contributed by atoms with Crippen LogP contribution in [-0.4, -0.2) is 44.5 Å². The van der Waals surface area contributed by atoms with Crippen LogP contribution in [0.15, 0.2) is 0 Å². The van der Waals surface area contributed by atoms with E-state index in [0.717, 1.165) is 0 Å². The van der Waals surface area contributed by atoms with Crippen molar-refractivity contribution in [2.24, 2.45) is 5.92 Å². The predicted octanol–water partition coefficient (Wildman–Crippen LogP) is 0.371. The smallest absolute Gasteiger partial charge is 0.155 e. The Labute approximate surface area is 74.7 Å². The minimum Gasteiger partial charge on any atom is -0.304 e. The van der Waals surface area contributed by atoms with Crippen LogP contribution < -0.4 is 0 Å². The Bertz CT molecular complexity index is 246. The highest BCUT2D eigenvalue weighted by Crippen LogP contribution is 2.18. The van der Waals surface area contributed by atoms with Crippen molar-refractivity contribution >= 4 is 9.84 Å². The summed E-state index contributed by atoms with van der Waals surface area (Å²) in [6.45, 7) is 5.33. The molecule has 12 heavy (non-hydrogen) atoms. The standard InChI is InChI=1S/C8H17NO2S/c1-7(2)8-6-9(3)4-5-12(8,10)11/h7-8H,4-6H2,1-3H3. The molecule has 0 aliphatic carbocycles. The highest BCUT2D eigenvalue weighted by Gasteiger charge is 2.33. The molecule has 1 unspecified atom stereocenters. The van der Waals surface area contributed by atoms with E-state index in [1.54, 1.807) is 0 Å². The molecule has 0 N–H and O–H groups in total. The van der Waals surface area contributed by atoms with Gasteiger partial charge >= 0.3 is 0 Å². The quantitative estimate of drug-likeness (QED) is 0.601. The fraction of sp³-hybridized carbons (Fsp3) is 1.00. The van der Waals surface area contributed by atoms with Gasteiger partial charge in [0.25, 0.3) is 0 Å². The normalized spacial score (nSPS) is 30.8. The molecule has 0 saturated carbocycles. The lowest BCUT2D eigenvalue weighted by Gasteiger charge is -2.31. The summed E-state index contributed by atoms with van der Waals surface area (Å²) in [5, 5.41) is -0.156. The topological polar surface area (TPSA) is 37.4 Å². The van der Waals surface area contributed by atoms with Gasteiger partial charge in [-0.2, -0.15) is 0 Å². The van der Waals surface area contributed by atoms with Crippen molar-refractivity contribution in [2.75, 3.05) is 25.9 Å². The molecule has 1 heterocycles. The van der Waals surface area contributed by atoms with Crippen molar-refractivity contribution in [3.05, 3.63) is 0 Å². The fourth-order valence-corrected chi connectivity index (χ4v) is 3.75. The van der Waals surface area contributed by atoms with E-state index < -0.39 is 9.84 Å². The second-order valence-corrected chi connectivity index (χ2v) is 6.25. The van der Waals surface area contributed by atoms with E-state index in [9.17, 15) is 8.42 Å². The van der Waals surface area contributed by atoms with Crippen LogP contribution in [0.25, 0.3) is 0 Å². The molecular formula is C8H17NO2S. The van der Waals surface area contributed by atoms with E-state index in [-0.39, 0.29) is 11.2 Å². The van der Waals surface area contributed by atoms with Gasteiger partial charge in [-0.15, -0.1) is 0 Å². The van der Waals surface area contributed by atoms with Gasteiger partial charge in [-0.1, -0.05) is 13.8 Å². The Morgan fingerprint density at radius 1 is 1.42 bits per heavy atom. The van der Waals surface area contributed by atoms with Crippen LogP contribution in [0.4, 0.5) is 0 Å². The first-order valence-electron chi connectivity index (χ1n) is 4.33. The lowest BCUT2D eigenvalue weighted by molar-refractivity contribution is 0.309. The second kappa shape index (κ2) is 3.34. The van der Waals surface area contributed by atoms with Gasteiger partial charge in [0.2, 0.25) is 0 Å². The van der Waals surface area contributed by atoms with Gasteiger partial charge in [-0.3, -0.25) is 0 Å². The van der Waals surface area contributed by atoms with E-state index in [0.29, 0.717) is 18.8 Å². The molecule has 0 aromatic carbocycles. The van der Waals surface area contributed by atoms with Crippen molar-refractivity contribution in [2.45, 2.75) is 19.1 Å². The number of hydrogen-bond donors (Lipinski definition) is 0. The number of sulfone groups is 1. The van der Waals surface area contributed by atoms with Crippen molar-refractivity contribution in [1.82, 2.24) is 4.90 Å². The first-order chi connectivity index (χ1) is 5.43. The maximum Gasteiger partial charge on any atom is 0.155 e. The maximum atomic E-state index is 11.5. The lowest BCUT2D eigenvalue weighted by Crippen LogP contribution is -2.47. The molecule has 0 aromatic rings. The minimum absolute atomic E-state index is 0.156. The van der Waals surface area contributed by atoms with Crippen molar-refractivity contribution in [3.8, 4) is 0 Å². The summed E-state index contributed by atoms with van der Waals surface area (Å²) >= 11 is 0. The number of hydrogen-bond acceptors (Lipinski definition) is 3. The largest absolute Gasteiger partial charge is 0.304 e. The summed E-state index contributed by atoms with van der Waals surface area (Å²) in [4.78, 5) is 2.09. The summed E-state index contributed by atoms with van der Waals surface area (Å²) in [6.07, 6.45) is 0. The molecule has 1 atom stereocenters. The number of rotatable bonds is 1. The monoisotopic (exact) mass is 191 g/mol. The van der Waals surface area contributed by atoms with Gasteiger partial charge in [-0.25, -0.2) is 8.42 Å². The van der Waals surface area contributed by atoms with Gasteiger partial charge < -0.3 is 4.90 Å². The van der Waals surface area contributed by atoms with Crippen molar-refractivity contribution in [1.29, 1.82) is 0 Å². The molecule has 0 amide bonds. The molecule has 0 spiro atoms. The Morgan fingerprint density at radius 3 is 2.42 bits per heavy atom. The van der Waals surface area contributed by atoms with E-state index in [1.807, 2.05) is 20.9 Å². The summed E-state index contributed by atoms with van der Waals surface area (Å²) in [5.74, 6) is 0.560. The zero-order chi connectivity index (χ0) is 9.35. The van der Waals surface area contributed by atoms with Crippen LogP contribution in [0.3, 0.4) is 0 Å². The molecule has 3 nitrogen and oxygen atoms in total. The van der Waals surface area contributed by atoms with Gasteiger partial charge in [0.05, 0.1) is 11.0 Å². The molecule has 0 radical (unpaired) electrons. The van der Waals surface area contributed by atoms with Gasteiger partial charge in [-0.05, 0) is 13.0 Å². The minimum atomic E-state index is -2.80. The summed E-state index contributed by atoms with van der Waals surface area (Å²) in [6, 6.07) is 0. The number of nitrogens with zero attached hydrogens (tertiary/aromatic N) is 1. The van der Waals surface area contributed by atoms with Crippen LogP contribution in [0.5, 0.6) is 0 Å². The van der Waals surface area contributed by atoms with Crippen LogP contribution in [0.2, 0.25) is 0 Å². The van der Waals surface area contributed by atoms with Crippen LogP contribution in [0, 0.1) is 5.92 Å². The SMILES string of the molecule is CC(C)C1CN(C)CCS1(=O)=O.